The van der Waals surface area contributed by atoms with Gasteiger partial charge in [0.1, 0.15) is 0 Å². The molecule has 2 nitrogen and oxygen atoms in total. The third kappa shape index (κ3) is 3.10. The van der Waals surface area contributed by atoms with Crippen molar-refractivity contribution < 1.29 is 0 Å². The predicted molar refractivity (Wildman–Crippen MR) is 51.6 cm³/mol. The number of rotatable bonds is 0. The Kier molecular flexibility index (Phi) is 4.50. The highest BCUT2D eigenvalue weighted by molar-refractivity contribution is 5.85. The summed E-state index contributed by atoms with van der Waals surface area (Å²) < 4.78 is 0. The minimum Gasteiger partial charge on any atom is -0.366 e. The van der Waals surface area contributed by atoms with Crippen molar-refractivity contribution in [2.24, 2.45) is 10.9 Å². The number of nitrogens with zero attached hydrogens (tertiary/aromatic N) is 2. The standard InChI is InChI=1S/C8H16N2.ClH/c1-7-4-5-9-8(6-7)10(2)3;/h7H,4-6H2,1-3H3;1H. The Hall–Kier alpha value is -0.240. The molecular weight excluding hydrogens is 160 g/mol. The smallest absolute Gasteiger partial charge is 0.0986 e. The van der Waals surface area contributed by atoms with E-state index in [0.717, 1.165) is 18.9 Å². The molecule has 66 valence electrons. The molecule has 0 aromatic carbocycles. The molecule has 0 saturated heterocycles. The van der Waals surface area contributed by atoms with Gasteiger partial charge < -0.3 is 4.90 Å². The van der Waals surface area contributed by atoms with Crippen LogP contribution in [-0.2, 0) is 0 Å². The van der Waals surface area contributed by atoms with E-state index in [-0.39, 0.29) is 12.4 Å². The van der Waals surface area contributed by atoms with E-state index in [4.69, 9.17) is 0 Å². The molecule has 1 aliphatic rings. The molecule has 0 aromatic rings. The summed E-state index contributed by atoms with van der Waals surface area (Å²) in [5, 5.41) is 0. The van der Waals surface area contributed by atoms with Gasteiger partial charge in [0.2, 0.25) is 0 Å². The van der Waals surface area contributed by atoms with Gasteiger partial charge in [-0.2, -0.15) is 0 Å². The van der Waals surface area contributed by atoms with Crippen LogP contribution < -0.4 is 0 Å². The van der Waals surface area contributed by atoms with E-state index < -0.39 is 0 Å². The molecule has 0 spiro atoms. The fourth-order valence-corrected chi connectivity index (χ4v) is 1.22. The molecule has 0 fully saturated rings. The lowest BCUT2D eigenvalue weighted by molar-refractivity contribution is 0.487. The van der Waals surface area contributed by atoms with Crippen molar-refractivity contribution in [3.63, 3.8) is 0 Å². The Balaban J connectivity index is 0.000001000. The van der Waals surface area contributed by atoms with Gasteiger partial charge in [-0.05, 0) is 12.3 Å². The Bertz CT molecular complexity index is 143. The molecule has 0 radical (unpaired) electrons. The maximum Gasteiger partial charge on any atom is 0.0986 e. The topological polar surface area (TPSA) is 15.6 Å². The molecular formula is C8H17ClN2. The SMILES string of the molecule is CC1CCN=C(N(C)C)C1.Cl. The minimum absolute atomic E-state index is 0. The zero-order valence-corrected chi connectivity index (χ0v) is 8.32. The first-order chi connectivity index (χ1) is 4.70. The monoisotopic (exact) mass is 176 g/mol. The molecule has 0 bridgehead atoms. The molecule has 1 rings (SSSR count). The molecule has 1 unspecified atom stereocenters. The van der Waals surface area contributed by atoms with Gasteiger partial charge in [-0.25, -0.2) is 0 Å². The number of aliphatic imine (C=N–C) groups is 1. The van der Waals surface area contributed by atoms with E-state index in [9.17, 15) is 0 Å². The van der Waals surface area contributed by atoms with Crippen LogP contribution in [0, 0.1) is 5.92 Å². The summed E-state index contributed by atoms with van der Waals surface area (Å²) in [6, 6.07) is 0. The van der Waals surface area contributed by atoms with Crippen molar-refractivity contribution in [3.8, 4) is 0 Å². The maximum absolute atomic E-state index is 4.42. The maximum atomic E-state index is 4.42. The quantitative estimate of drug-likeness (QED) is 0.550. The van der Waals surface area contributed by atoms with E-state index in [1.54, 1.807) is 0 Å². The lowest BCUT2D eigenvalue weighted by Crippen LogP contribution is -2.27. The molecule has 1 atom stereocenters. The van der Waals surface area contributed by atoms with E-state index in [1.165, 1.54) is 12.3 Å². The van der Waals surface area contributed by atoms with E-state index >= 15 is 0 Å². The largest absolute Gasteiger partial charge is 0.366 e. The lowest BCUT2D eigenvalue weighted by Gasteiger charge is -2.23. The van der Waals surface area contributed by atoms with Gasteiger partial charge >= 0.3 is 0 Å². The van der Waals surface area contributed by atoms with Crippen LogP contribution in [0.15, 0.2) is 4.99 Å². The van der Waals surface area contributed by atoms with Crippen molar-refractivity contribution in [3.05, 3.63) is 0 Å². The first-order valence-electron chi connectivity index (χ1n) is 3.91. The summed E-state index contributed by atoms with van der Waals surface area (Å²) in [5.74, 6) is 2.09. The van der Waals surface area contributed by atoms with Crippen molar-refractivity contribution in [1.29, 1.82) is 0 Å². The number of hydrogen-bond donors (Lipinski definition) is 0. The van der Waals surface area contributed by atoms with Crippen LogP contribution in [0.2, 0.25) is 0 Å². The van der Waals surface area contributed by atoms with Crippen LogP contribution in [0.5, 0.6) is 0 Å². The average Bonchev–Trinajstić information content (AvgIpc) is 1.88. The van der Waals surface area contributed by atoms with Crippen LogP contribution in [0.3, 0.4) is 0 Å². The molecule has 1 aliphatic heterocycles. The van der Waals surface area contributed by atoms with E-state index in [1.807, 2.05) is 0 Å². The lowest BCUT2D eigenvalue weighted by atomic mass is 10.0. The summed E-state index contributed by atoms with van der Waals surface area (Å²) in [6.45, 7) is 3.31. The molecule has 11 heavy (non-hydrogen) atoms. The predicted octanol–water partition coefficient (Wildman–Crippen LogP) is 1.80. The number of amidine groups is 1. The molecule has 0 aliphatic carbocycles. The summed E-state index contributed by atoms with van der Waals surface area (Å²) in [6.07, 6.45) is 2.42. The fourth-order valence-electron chi connectivity index (χ4n) is 1.22. The summed E-state index contributed by atoms with van der Waals surface area (Å²) in [7, 11) is 4.13. The van der Waals surface area contributed by atoms with E-state index in [2.05, 4.69) is 30.9 Å². The highest BCUT2D eigenvalue weighted by Gasteiger charge is 2.12. The van der Waals surface area contributed by atoms with Gasteiger partial charge in [0.15, 0.2) is 0 Å². The zero-order chi connectivity index (χ0) is 7.56. The van der Waals surface area contributed by atoms with Crippen LogP contribution in [0.1, 0.15) is 19.8 Å². The first kappa shape index (κ1) is 10.8. The van der Waals surface area contributed by atoms with Crippen LogP contribution in [0.4, 0.5) is 0 Å². The zero-order valence-electron chi connectivity index (χ0n) is 7.50. The second kappa shape index (κ2) is 4.60. The molecule has 0 amide bonds. The first-order valence-corrected chi connectivity index (χ1v) is 3.91. The summed E-state index contributed by atoms with van der Waals surface area (Å²) >= 11 is 0. The summed E-state index contributed by atoms with van der Waals surface area (Å²) in [5.41, 5.74) is 0. The van der Waals surface area contributed by atoms with Crippen molar-refractivity contribution in [2.75, 3.05) is 20.6 Å². The molecule has 1 heterocycles. The van der Waals surface area contributed by atoms with Gasteiger partial charge in [0.05, 0.1) is 5.84 Å². The highest BCUT2D eigenvalue weighted by Crippen LogP contribution is 2.14. The second-order valence-corrected chi connectivity index (χ2v) is 3.29. The van der Waals surface area contributed by atoms with Crippen molar-refractivity contribution in [2.45, 2.75) is 19.8 Å². The van der Waals surface area contributed by atoms with Crippen LogP contribution in [-0.4, -0.2) is 31.4 Å². The Morgan fingerprint density at radius 2 is 2.09 bits per heavy atom. The number of halogens is 1. The second-order valence-electron chi connectivity index (χ2n) is 3.29. The Labute approximate surface area is 75.1 Å². The minimum atomic E-state index is 0. The van der Waals surface area contributed by atoms with Crippen LogP contribution in [0.25, 0.3) is 0 Å². The molecule has 0 aromatic heterocycles. The van der Waals surface area contributed by atoms with Gasteiger partial charge in [-0.15, -0.1) is 12.4 Å². The molecule has 0 saturated carbocycles. The molecule has 0 N–H and O–H groups in total. The number of hydrogen-bond acceptors (Lipinski definition) is 2. The Morgan fingerprint density at radius 1 is 1.45 bits per heavy atom. The third-order valence-corrected chi connectivity index (χ3v) is 1.96. The van der Waals surface area contributed by atoms with Gasteiger partial charge in [0, 0.05) is 27.1 Å². The fraction of sp³-hybridized carbons (Fsp3) is 0.875. The van der Waals surface area contributed by atoms with Gasteiger partial charge in [-0.3, -0.25) is 4.99 Å². The van der Waals surface area contributed by atoms with Crippen molar-refractivity contribution in [1.82, 2.24) is 4.90 Å². The van der Waals surface area contributed by atoms with E-state index in [0.29, 0.717) is 0 Å². The normalized spacial score (nSPS) is 23.5. The third-order valence-electron chi connectivity index (χ3n) is 1.96. The summed E-state index contributed by atoms with van der Waals surface area (Å²) in [4.78, 5) is 6.54. The van der Waals surface area contributed by atoms with Gasteiger partial charge in [-0.1, -0.05) is 6.92 Å². The van der Waals surface area contributed by atoms with Crippen LogP contribution >= 0.6 is 12.4 Å². The average molecular weight is 177 g/mol. The highest BCUT2D eigenvalue weighted by atomic mass is 35.5. The van der Waals surface area contributed by atoms with Crippen molar-refractivity contribution >= 4 is 18.2 Å². The molecule has 3 heteroatoms. The van der Waals surface area contributed by atoms with Gasteiger partial charge in [0.25, 0.3) is 0 Å². The Morgan fingerprint density at radius 3 is 2.45 bits per heavy atom.